The summed E-state index contributed by atoms with van der Waals surface area (Å²) >= 11 is 0. The number of carbonyl (C=O) groups is 2. The molecule has 2 atom stereocenters. The number of unbranched alkanes of at least 4 members (excludes halogenated alkanes) is 1. The number of carbonyl (C=O) groups excluding carboxylic acids is 2. The van der Waals surface area contributed by atoms with Crippen LogP contribution in [0.5, 0.6) is 0 Å². The molecule has 1 fully saturated rings. The highest BCUT2D eigenvalue weighted by atomic mass is 33.1. The van der Waals surface area contributed by atoms with Crippen LogP contribution in [0.2, 0.25) is 0 Å². The quantitative estimate of drug-likeness (QED) is 0.411. The van der Waals surface area contributed by atoms with Gasteiger partial charge in [-0.25, -0.2) is 4.79 Å². The standard InChI is InChI=1S/C13H23NO3S2/c1-10(13(16)17-3)14(2)12(15)7-5-4-6-11-8-9-18-19-11/h10-11H,4-9H2,1-3H3/t10-,11?/m0/s1. The molecule has 19 heavy (non-hydrogen) atoms. The van der Waals surface area contributed by atoms with Crippen LogP contribution in [0.25, 0.3) is 0 Å². The molecule has 1 heterocycles. The third-order valence-electron chi connectivity index (χ3n) is 3.41. The fourth-order valence-corrected chi connectivity index (χ4v) is 4.96. The van der Waals surface area contributed by atoms with Crippen molar-refractivity contribution in [2.75, 3.05) is 19.9 Å². The maximum absolute atomic E-state index is 11.9. The van der Waals surface area contributed by atoms with E-state index in [1.807, 2.05) is 21.6 Å². The largest absolute Gasteiger partial charge is 0.467 e. The summed E-state index contributed by atoms with van der Waals surface area (Å²) < 4.78 is 4.64. The highest BCUT2D eigenvalue weighted by Crippen LogP contribution is 2.39. The molecule has 1 rings (SSSR count). The van der Waals surface area contributed by atoms with E-state index in [2.05, 4.69) is 4.74 Å². The monoisotopic (exact) mass is 305 g/mol. The molecular formula is C13H23NO3S2. The Balaban J connectivity index is 2.17. The van der Waals surface area contributed by atoms with Crippen molar-refractivity contribution < 1.29 is 14.3 Å². The third kappa shape index (κ3) is 5.65. The number of methoxy groups -OCH3 is 1. The van der Waals surface area contributed by atoms with Crippen molar-refractivity contribution >= 4 is 33.5 Å². The number of esters is 1. The number of rotatable bonds is 7. The van der Waals surface area contributed by atoms with Crippen LogP contribution in [0.3, 0.4) is 0 Å². The molecule has 0 N–H and O–H groups in total. The van der Waals surface area contributed by atoms with E-state index in [0.717, 1.165) is 18.1 Å². The van der Waals surface area contributed by atoms with E-state index in [9.17, 15) is 9.59 Å². The lowest BCUT2D eigenvalue weighted by Gasteiger charge is -2.22. The maximum atomic E-state index is 11.9. The van der Waals surface area contributed by atoms with E-state index in [1.165, 1.54) is 30.6 Å². The first-order valence-corrected chi connectivity index (χ1v) is 9.06. The fourth-order valence-electron chi connectivity index (χ4n) is 1.93. The Hall–Kier alpha value is -0.360. The van der Waals surface area contributed by atoms with Gasteiger partial charge < -0.3 is 9.64 Å². The molecule has 1 unspecified atom stereocenters. The van der Waals surface area contributed by atoms with Crippen molar-refractivity contribution in [2.45, 2.75) is 50.3 Å². The first-order chi connectivity index (χ1) is 9.06. The molecule has 0 aromatic rings. The Morgan fingerprint density at radius 2 is 2.16 bits per heavy atom. The van der Waals surface area contributed by atoms with Gasteiger partial charge >= 0.3 is 5.97 Å². The van der Waals surface area contributed by atoms with Gasteiger partial charge in [-0.1, -0.05) is 28.0 Å². The van der Waals surface area contributed by atoms with E-state index in [4.69, 9.17) is 0 Å². The molecule has 0 spiro atoms. The van der Waals surface area contributed by atoms with E-state index in [1.54, 1.807) is 14.0 Å². The van der Waals surface area contributed by atoms with Crippen molar-refractivity contribution in [1.29, 1.82) is 0 Å². The summed E-state index contributed by atoms with van der Waals surface area (Å²) in [5.41, 5.74) is 0. The van der Waals surface area contributed by atoms with Crippen molar-refractivity contribution in [3.05, 3.63) is 0 Å². The average Bonchev–Trinajstić information content (AvgIpc) is 2.93. The summed E-state index contributed by atoms with van der Waals surface area (Å²) in [5, 5.41) is 0.770. The van der Waals surface area contributed by atoms with Gasteiger partial charge in [0.25, 0.3) is 0 Å². The number of hydrogen-bond donors (Lipinski definition) is 0. The van der Waals surface area contributed by atoms with Crippen LogP contribution in [0.1, 0.15) is 39.0 Å². The minimum atomic E-state index is -0.501. The number of likely N-dealkylation sites (N-methyl/N-ethyl adjacent to an activating group) is 1. The third-order valence-corrected chi connectivity index (χ3v) is 6.42. The van der Waals surface area contributed by atoms with Gasteiger partial charge in [0, 0.05) is 24.5 Å². The van der Waals surface area contributed by atoms with Gasteiger partial charge in [0.1, 0.15) is 6.04 Å². The minimum Gasteiger partial charge on any atom is -0.467 e. The maximum Gasteiger partial charge on any atom is 0.328 e. The summed E-state index contributed by atoms with van der Waals surface area (Å²) in [5.74, 6) is 0.912. The van der Waals surface area contributed by atoms with E-state index in [-0.39, 0.29) is 11.9 Å². The molecule has 110 valence electrons. The van der Waals surface area contributed by atoms with Crippen LogP contribution < -0.4 is 0 Å². The molecule has 0 bridgehead atoms. The lowest BCUT2D eigenvalue weighted by molar-refractivity contribution is -0.151. The van der Waals surface area contributed by atoms with Gasteiger partial charge in [0.05, 0.1) is 7.11 Å². The molecule has 0 aliphatic carbocycles. The van der Waals surface area contributed by atoms with Crippen molar-refractivity contribution in [2.24, 2.45) is 0 Å². The Labute approximate surface area is 123 Å². The molecular weight excluding hydrogens is 282 g/mol. The van der Waals surface area contributed by atoms with Crippen molar-refractivity contribution in [3.8, 4) is 0 Å². The molecule has 1 aliphatic rings. The molecule has 0 aromatic carbocycles. The van der Waals surface area contributed by atoms with Crippen molar-refractivity contribution in [1.82, 2.24) is 4.90 Å². The lowest BCUT2D eigenvalue weighted by atomic mass is 10.1. The second kappa shape index (κ2) is 8.74. The molecule has 0 aromatic heterocycles. The Bertz CT molecular complexity index is 306. The Morgan fingerprint density at radius 3 is 2.74 bits per heavy atom. The zero-order chi connectivity index (χ0) is 14.3. The summed E-state index contributed by atoms with van der Waals surface area (Å²) in [6, 6.07) is -0.501. The van der Waals surface area contributed by atoms with Gasteiger partial charge in [-0.05, 0) is 26.2 Å². The SMILES string of the molecule is COC(=O)[C@H](C)N(C)C(=O)CCCCC1CCSS1. The molecule has 4 nitrogen and oxygen atoms in total. The predicted octanol–water partition coefficient (Wildman–Crippen LogP) is 2.72. The van der Waals surface area contributed by atoms with Gasteiger partial charge in [-0.3, -0.25) is 4.79 Å². The first kappa shape index (κ1) is 16.7. The number of amides is 1. The van der Waals surface area contributed by atoms with Crippen LogP contribution in [0.15, 0.2) is 0 Å². The number of hydrogen-bond acceptors (Lipinski definition) is 5. The summed E-state index contributed by atoms with van der Waals surface area (Å²) in [6.45, 7) is 1.69. The molecule has 1 saturated heterocycles. The van der Waals surface area contributed by atoms with Crippen molar-refractivity contribution in [3.63, 3.8) is 0 Å². The highest BCUT2D eigenvalue weighted by Gasteiger charge is 2.22. The molecule has 6 heteroatoms. The van der Waals surface area contributed by atoms with Crippen LogP contribution in [-0.4, -0.2) is 48.0 Å². The zero-order valence-corrected chi connectivity index (χ0v) is 13.5. The predicted molar refractivity (Wildman–Crippen MR) is 81.2 cm³/mol. The molecule has 1 aliphatic heterocycles. The van der Waals surface area contributed by atoms with Gasteiger partial charge in [0.2, 0.25) is 5.91 Å². The van der Waals surface area contributed by atoms with E-state index >= 15 is 0 Å². The lowest BCUT2D eigenvalue weighted by Crippen LogP contribution is -2.40. The highest BCUT2D eigenvalue weighted by molar-refractivity contribution is 8.77. The smallest absolute Gasteiger partial charge is 0.328 e. The van der Waals surface area contributed by atoms with Crippen LogP contribution in [-0.2, 0) is 14.3 Å². The van der Waals surface area contributed by atoms with E-state index < -0.39 is 6.04 Å². The number of ether oxygens (including phenoxy) is 1. The van der Waals surface area contributed by atoms with Crippen LogP contribution in [0.4, 0.5) is 0 Å². The van der Waals surface area contributed by atoms with Crippen LogP contribution >= 0.6 is 21.6 Å². The first-order valence-electron chi connectivity index (χ1n) is 6.68. The average molecular weight is 305 g/mol. The summed E-state index contributed by atoms with van der Waals surface area (Å²) in [4.78, 5) is 24.7. The normalized spacial score (nSPS) is 20.1. The summed E-state index contributed by atoms with van der Waals surface area (Å²) in [7, 11) is 6.93. The molecule has 1 amide bonds. The Morgan fingerprint density at radius 1 is 1.42 bits per heavy atom. The van der Waals surface area contributed by atoms with Gasteiger partial charge in [-0.15, -0.1) is 0 Å². The Kier molecular flexibility index (Phi) is 7.68. The van der Waals surface area contributed by atoms with Gasteiger partial charge in [0.15, 0.2) is 0 Å². The molecule has 0 radical (unpaired) electrons. The summed E-state index contributed by atoms with van der Waals surface area (Å²) in [6.07, 6.45) is 5.00. The topological polar surface area (TPSA) is 46.6 Å². The second-order valence-electron chi connectivity index (χ2n) is 4.78. The minimum absolute atomic E-state index is 0.0198. The fraction of sp³-hybridized carbons (Fsp3) is 0.846. The zero-order valence-electron chi connectivity index (χ0n) is 11.9. The molecule has 0 saturated carbocycles. The van der Waals surface area contributed by atoms with Gasteiger partial charge in [-0.2, -0.15) is 0 Å². The van der Waals surface area contributed by atoms with Crippen LogP contribution in [0, 0.1) is 0 Å². The van der Waals surface area contributed by atoms with E-state index in [0.29, 0.717) is 6.42 Å². The second-order valence-corrected chi connectivity index (χ2v) is 7.57. The number of nitrogens with zero attached hydrogens (tertiary/aromatic N) is 1.